The van der Waals surface area contributed by atoms with Gasteiger partial charge in [-0.25, -0.2) is 0 Å². The van der Waals surface area contributed by atoms with Crippen molar-refractivity contribution in [3.8, 4) is 0 Å². The van der Waals surface area contributed by atoms with Crippen LogP contribution in [0, 0.1) is 6.92 Å². The minimum Gasteiger partial charge on any atom is -0.392 e. The van der Waals surface area contributed by atoms with Gasteiger partial charge in [0.15, 0.2) is 0 Å². The van der Waals surface area contributed by atoms with Gasteiger partial charge in [-0.3, -0.25) is 9.78 Å². The average molecular weight is 292 g/mol. The molecule has 3 rings (SSSR count). The van der Waals surface area contributed by atoms with Crippen molar-refractivity contribution in [1.82, 2.24) is 4.98 Å². The van der Waals surface area contributed by atoms with Gasteiger partial charge in [-0.1, -0.05) is 18.2 Å². The number of benzene rings is 2. The summed E-state index contributed by atoms with van der Waals surface area (Å²) in [4.78, 5) is 16.8. The van der Waals surface area contributed by atoms with Crippen LogP contribution in [0.1, 0.15) is 21.6 Å². The van der Waals surface area contributed by atoms with Gasteiger partial charge in [0.05, 0.1) is 12.1 Å². The second-order valence-corrected chi connectivity index (χ2v) is 5.17. The number of aromatic nitrogens is 1. The first-order valence-corrected chi connectivity index (χ1v) is 7.04. The van der Waals surface area contributed by atoms with Gasteiger partial charge in [-0.2, -0.15) is 0 Å². The summed E-state index contributed by atoms with van der Waals surface area (Å²) in [6.45, 7) is 1.89. The Balaban J connectivity index is 1.86. The molecule has 4 heteroatoms. The van der Waals surface area contributed by atoms with E-state index in [4.69, 9.17) is 5.11 Å². The Kier molecular flexibility index (Phi) is 3.85. The van der Waals surface area contributed by atoms with E-state index in [0.29, 0.717) is 11.3 Å². The standard InChI is InChI=1S/C18H16N2O2/c1-12-5-6-14-10-15(7-8-17(14)19-12)18(22)20-16-4-2-3-13(9-16)11-21/h2-10,21H,11H2,1H3,(H,20,22). The number of aliphatic hydroxyl groups is 1. The van der Waals surface area contributed by atoms with E-state index in [1.54, 1.807) is 30.3 Å². The first kappa shape index (κ1) is 14.2. The molecule has 1 amide bonds. The predicted molar refractivity (Wildman–Crippen MR) is 86.8 cm³/mol. The van der Waals surface area contributed by atoms with Crippen molar-refractivity contribution in [3.63, 3.8) is 0 Å². The fourth-order valence-electron chi connectivity index (χ4n) is 2.32. The number of nitrogens with zero attached hydrogens (tertiary/aromatic N) is 1. The van der Waals surface area contributed by atoms with E-state index in [1.165, 1.54) is 0 Å². The molecule has 0 aliphatic heterocycles. The summed E-state index contributed by atoms with van der Waals surface area (Å²) in [5.74, 6) is -0.183. The van der Waals surface area contributed by atoms with Crippen LogP contribution in [-0.2, 0) is 6.61 Å². The number of amides is 1. The van der Waals surface area contributed by atoms with E-state index in [9.17, 15) is 4.79 Å². The summed E-state index contributed by atoms with van der Waals surface area (Å²) >= 11 is 0. The maximum atomic E-state index is 12.3. The summed E-state index contributed by atoms with van der Waals surface area (Å²) in [5, 5.41) is 12.9. The molecule has 1 heterocycles. The average Bonchev–Trinajstić information content (AvgIpc) is 2.54. The Morgan fingerprint density at radius 1 is 1.14 bits per heavy atom. The molecule has 2 aromatic carbocycles. The van der Waals surface area contributed by atoms with Crippen LogP contribution in [0.2, 0.25) is 0 Å². The lowest BCUT2D eigenvalue weighted by molar-refractivity contribution is 0.102. The number of rotatable bonds is 3. The lowest BCUT2D eigenvalue weighted by Gasteiger charge is -2.07. The molecule has 1 aromatic heterocycles. The quantitative estimate of drug-likeness (QED) is 0.778. The molecule has 0 bridgehead atoms. The van der Waals surface area contributed by atoms with Gasteiger partial charge < -0.3 is 10.4 Å². The first-order chi connectivity index (χ1) is 10.7. The molecule has 110 valence electrons. The number of pyridine rings is 1. The zero-order valence-corrected chi connectivity index (χ0v) is 12.2. The molecule has 4 nitrogen and oxygen atoms in total. The zero-order chi connectivity index (χ0) is 15.5. The van der Waals surface area contributed by atoms with Crippen molar-refractivity contribution in [3.05, 3.63) is 71.4 Å². The van der Waals surface area contributed by atoms with Gasteiger partial charge >= 0.3 is 0 Å². The minimum absolute atomic E-state index is 0.0509. The van der Waals surface area contributed by atoms with E-state index in [0.717, 1.165) is 22.2 Å². The summed E-state index contributed by atoms with van der Waals surface area (Å²) < 4.78 is 0. The molecule has 22 heavy (non-hydrogen) atoms. The van der Waals surface area contributed by atoms with Gasteiger partial charge in [-0.15, -0.1) is 0 Å². The maximum absolute atomic E-state index is 12.3. The minimum atomic E-state index is -0.183. The van der Waals surface area contributed by atoms with Gasteiger partial charge in [0.2, 0.25) is 0 Å². The van der Waals surface area contributed by atoms with Crippen LogP contribution in [0.15, 0.2) is 54.6 Å². The second kappa shape index (κ2) is 5.95. The van der Waals surface area contributed by atoms with Crippen molar-refractivity contribution in [1.29, 1.82) is 0 Å². The smallest absolute Gasteiger partial charge is 0.255 e. The molecule has 0 aliphatic carbocycles. The third kappa shape index (κ3) is 2.97. The van der Waals surface area contributed by atoms with Gasteiger partial charge in [-0.05, 0) is 48.9 Å². The normalized spacial score (nSPS) is 10.6. The van der Waals surface area contributed by atoms with Crippen molar-refractivity contribution in [2.45, 2.75) is 13.5 Å². The number of hydrogen-bond acceptors (Lipinski definition) is 3. The second-order valence-electron chi connectivity index (χ2n) is 5.17. The molecule has 0 aliphatic rings. The number of hydrogen-bond donors (Lipinski definition) is 2. The van der Waals surface area contributed by atoms with E-state index >= 15 is 0 Å². The summed E-state index contributed by atoms with van der Waals surface area (Å²) in [7, 11) is 0. The molecule has 0 fully saturated rings. The first-order valence-electron chi connectivity index (χ1n) is 7.04. The number of anilines is 1. The lowest BCUT2D eigenvalue weighted by atomic mass is 10.1. The van der Waals surface area contributed by atoms with E-state index in [2.05, 4.69) is 10.3 Å². The molecule has 0 radical (unpaired) electrons. The molecular weight excluding hydrogens is 276 g/mol. The highest BCUT2D eigenvalue weighted by Crippen LogP contribution is 2.17. The number of fused-ring (bicyclic) bond motifs is 1. The van der Waals surface area contributed by atoms with Crippen LogP contribution >= 0.6 is 0 Å². The molecule has 0 saturated heterocycles. The largest absolute Gasteiger partial charge is 0.392 e. The topological polar surface area (TPSA) is 62.2 Å². The molecule has 0 saturated carbocycles. The van der Waals surface area contributed by atoms with Crippen molar-refractivity contribution in [2.75, 3.05) is 5.32 Å². The van der Waals surface area contributed by atoms with Crippen LogP contribution in [-0.4, -0.2) is 16.0 Å². The summed E-state index contributed by atoms with van der Waals surface area (Å²) in [6, 6.07) is 16.5. The van der Waals surface area contributed by atoms with E-state index in [1.807, 2.05) is 31.2 Å². The van der Waals surface area contributed by atoms with Crippen LogP contribution in [0.5, 0.6) is 0 Å². The van der Waals surface area contributed by atoms with E-state index in [-0.39, 0.29) is 12.5 Å². The summed E-state index contributed by atoms with van der Waals surface area (Å²) in [5.41, 5.74) is 3.83. The number of aliphatic hydroxyl groups excluding tert-OH is 1. The predicted octanol–water partition coefficient (Wildman–Crippen LogP) is 3.29. The summed E-state index contributed by atoms with van der Waals surface area (Å²) in [6.07, 6.45) is 0. The highest BCUT2D eigenvalue weighted by molar-refractivity contribution is 6.06. The Bertz CT molecular complexity index is 843. The molecule has 2 N–H and O–H groups in total. The Hall–Kier alpha value is -2.72. The maximum Gasteiger partial charge on any atom is 0.255 e. The SMILES string of the molecule is Cc1ccc2cc(C(=O)Nc3cccc(CO)c3)ccc2n1. The highest BCUT2D eigenvalue weighted by atomic mass is 16.3. The number of aryl methyl sites for hydroxylation is 1. The van der Waals surface area contributed by atoms with Crippen molar-refractivity contribution >= 4 is 22.5 Å². The third-order valence-corrected chi connectivity index (χ3v) is 3.46. The number of carbonyl (C=O) groups is 1. The molecule has 3 aromatic rings. The molecule has 0 atom stereocenters. The Labute approximate surface area is 128 Å². The van der Waals surface area contributed by atoms with Gasteiger partial charge in [0, 0.05) is 22.3 Å². The highest BCUT2D eigenvalue weighted by Gasteiger charge is 2.08. The van der Waals surface area contributed by atoms with Crippen molar-refractivity contribution in [2.24, 2.45) is 0 Å². The fourth-order valence-corrected chi connectivity index (χ4v) is 2.32. The van der Waals surface area contributed by atoms with Crippen LogP contribution in [0.25, 0.3) is 10.9 Å². The number of carbonyl (C=O) groups excluding carboxylic acids is 1. The van der Waals surface area contributed by atoms with E-state index < -0.39 is 0 Å². The van der Waals surface area contributed by atoms with Crippen LogP contribution in [0.3, 0.4) is 0 Å². The molecule has 0 spiro atoms. The van der Waals surface area contributed by atoms with Gasteiger partial charge in [0.1, 0.15) is 0 Å². The monoisotopic (exact) mass is 292 g/mol. The van der Waals surface area contributed by atoms with Crippen LogP contribution < -0.4 is 5.32 Å². The fraction of sp³-hybridized carbons (Fsp3) is 0.111. The zero-order valence-electron chi connectivity index (χ0n) is 12.2. The lowest BCUT2D eigenvalue weighted by Crippen LogP contribution is -2.12. The molecule has 0 unspecified atom stereocenters. The van der Waals surface area contributed by atoms with Gasteiger partial charge in [0.25, 0.3) is 5.91 Å². The Morgan fingerprint density at radius 2 is 2.00 bits per heavy atom. The van der Waals surface area contributed by atoms with Crippen molar-refractivity contribution < 1.29 is 9.90 Å². The Morgan fingerprint density at radius 3 is 2.82 bits per heavy atom. The molecular formula is C18H16N2O2. The third-order valence-electron chi connectivity index (χ3n) is 3.46. The van der Waals surface area contributed by atoms with Crippen LogP contribution in [0.4, 0.5) is 5.69 Å². The number of nitrogens with one attached hydrogen (secondary N) is 1.